The molecular formula is C16H23N3O2. The van der Waals surface area contributed by atoms with Gasteiger partial charge >= 0.3 is 0 Å². The first-order chi connectivity index (χ1) is 10.1. The summed E-state index contributed by atoms with van der Waals surface area (Å²) in [6.45, 7) is 2.99. The Morgan fingerprint density at radius 3 is 2.38 bits per heavy atom. The molecule has 114 valence electrons. The number of anilines is 2. The fourth-order valence-electron chi connectivity index (χ4n) is 2.46. The van der Waals surface area contributed by atoms with E-state index < -0.39 is 0 Å². The molecular weight excluding hydrogens is 266 g/mol. The van der Waals surface area contributed by atoms with Crippen LogP contribution in [0.2, 0.25) is 0 Å². The van der Waals surface area contributed by atoms with Crippen molar-refractivity contribution < 1.29 is 10.2 Å². The van der Waals surface area contributed by atoms with Crippen LogP contribution in [0.5, 0.6) is 0 Å². The maximum absolute atomic E-state index is 9.26. The lowest BCUT2D eigenvalue weighted by atomic mass is 10.0. The summed E-state index contributed by atoms with van der Waals surface area (Å²) in [6, 6.07) is 6.01. The van der Waals surface area contributed by atoms with Crippen LogP contribution in [0, 0.1) is 6.92 Å². The van der Waals surface area contributed by atoms with Crippen molar-refractivity contribution in [2.24, 2.45) is 7.05 Å². The van der Waals surface area contributed by atoms with E-state index in [-0.39, 0.29) is 13.2 Å². The van der Waals surface area contributed by atoms with Gasteiger partial charge in [-0.05, 0) is 30.7 Å². The normalized spacial score (nSPS) is 10.9. The van der Waals surface area contributed by atoms with Crippen molar-refractivity contribution in [1.29, 1.82) is 0 Å². The number of nitrogens with zero attached hydrogens (tertiary/aromatic N) is 2. The van der Waals surface area contributed by atoms with E-state index in [1.54, 1.807) is 0 Å². The Hall–Kier alpha value is -1.98. The number of hydrogen-bond donors (Lipinski definition) is 3. The van der Waals surface area contributed by atoms with Crippen LogP contribution < -0.4 is 10.6 Å². The summed E-state index contributed by atoms with van der Waals surface area (Å²) in [5.41, 5.74) is 10.9. The molecule has 0 aliphatic rings. The highest BCUT2D eigenvalue weighted by Crippen LogP contribution is 2.34. The topological polar surface area (TPSA) is 74.7 Å². The zero-order valence-corrected chi connectivity index (χ0v) is 12.6. The van der Waals surface area contributed by atoms with Gasteiger partial charge in [-0.15, -0.1) is 0 Å². The van der Waals surface area contributed by atoms with Crippen LogP contribution in [0.15, 0.2) is 30.6 Å². The predicted molar refractivity (Wildman–Crippen MR) is 86.4 cm³/mol. The lowest BCUT2D eigenvalue weighted by molar-refractivity contribution is 0.281. The number of aryl methyl sites for hydroxylation is 2. The van der Waals surface area contributed by atoms with Crippen LogP contribution in [0.1, 0.15) is 5.56 Å². The molecule has 5 heteroatoms. The van der Waals surface area contributed by atoms with E-state index in [2.05, 4.69) is 0 Å². The first-order valence-corrected chi connectivity index (χ1v) is 7.06. The summed E-state index contributed by atoms with van der Waals surface area (Å²) in [7, 11) is 1.97. The number of nitrogen functional groups attached to an aromatic ring is 1. The summed E-state index contributed by atoms with van der Waals surface area (Å²) in [5, 5.41) is 18.5. The third-order valence-corrected chi connectivity index (χ3v) is 3.61. The van der Waals surface area contributed by atoms with Gasteiger partial charge in [-0.3, -0.25) is 0 Å². The average molecular weight is 289 g/mol. The molecule has 0 amide bonds. The van der Waals surface area contributed by atoms with E-state index in [1.807, 2.05) is 54.0 Å². The van der Waals surface area contributed by atoms with Gasteiger partial charge in [0.05, 0.1) is 13.2 Å². The second kappa shape index (κ2) is 6.65. The lowest BCUT2D eigenvalue weighted by Gasteiger charge is -2.26. The van der Waals surface area contributed by atoms with Crippen molar-refractivity contribution in [3.8, 4) is 11.1 Å². The Balaban J connectivity index is 2.54. The van der Waals surface area contributed by atoms with E-state index in [1.165, 1.54) is 0 Å². The summed E-state index contributed by atoms with van der Waals surface area (Å²) >= 11 is 0. The highest BCUT2D eigenvalue weighted by Gasteiger charge is 2.15. The first kappa shape index (κ1) is 15.4. The number of aromatic nitrogens is 1. The molecule has 0 saturated heterocycles. The molecule has 21 heavy (non-hydrogen) atoms. The van der Waals surface area contributed by atoms with Crippen LogP contribution in [-0.4, -0.2) is 41.1 Å². The maximum Gasteiger partial charge on any atom is 0.0606 e. The molecule has 4 N–H and O–H groups in total. The summed E-state index contributed by atoms with van der Waals surface area (Å²) in [5.74, 6) is 0. The molecule has 2 rings (SSSR count). The molecule has 0 atom stereocenters. The minimum atomic E-state index is 0.0393. The highest BCUT2D eigenvalue weighted by molar-refractivity contribution is 5.82. The van der Waals surface area contributed by atoms with Gasteiger partial charge in [0.1, 0.15) is 0 Å². The highest BCUT2D eigenvalue weighted by atomic mass is 16.3. The van der Waals surface area contributed by atoms with E-state index in [0.717, 1.165) is 28.1 Å². The SMILES string of the molecule is Cc1cc(N(CCO)CCO)c(-c2ccn(C)c2)cc1N. The van der Waals surface area contributed by atoms with Crippen molar-refractivity contribution in [2.45, 2.75) is 6.92 Å². The van der Waals surface area contributed by atoms with Crippen molar-refractivity contribution >= 4 is 11.4 Å². The van der Waals surface area contributed by atoms with Crippen LogP contribution >= 0.6 is 0 Å². The van der Waals surface area contributed by atoms with Gasteiger partial charge in [-0.2, -0.15) is 0 Å². The molecule has 1 aromatic carbocycles. The van der Waals surface area contributed by atoms with Crippen molar-refractivity contribution in [3.63, 3.8) is 0 Å². The zero-order valence-electron chi connectivity index (χ0n) is 12.6. The standard InChI is InChI=1S/C16H23N3O2/c1-12-9-16(19(5-7-20)6-8-21)14(10-15(12)17)13-3-4-18(2)11-13/h3-4,9-11,20-21H,5-8,17H2,1-2H3. The second-order valence-electron chi connectivity index (χ2n) is 5.23. The number of hydrogen-bond acceptors (Lipinski definition) is 4. The molecule has 0 radical (unpaired) electrons. The van der Waals surface area contributed by atoms with Crippen LogP contribution in [0.3, 0.4) is 0 Å². The Kier molecular flexibility index (Phi) is 4.88. The molecule has 1 aromatic heterocycles. The minimum Gasteiger partial charge on any atom is -0.398 e. The number of aliphatic hydroxyl groups excluding tert-OH is 2. The Morgan fingerprint density at radius 1 is 1.19 bits per heavy atom. The largest absolute Gasteiger partial charge is 0.398 e. The second-order valence-corrected chi connectivity index (χ2v) is 5.23. The summed E-state index contributed by atoms with van der Waals surface area (Å²) in [4.78, 5) is 1.98. The van der Waals surface area contributed by atoms with Gasteiger partial charge in [0.2, 0.25) is 0 Å². The van der Waals surface area contributed by atoms with E-state index >= 15 is 0 Å². The van der Waals surface area contributed by atoms with Gasteiger partial charge in [0.15, 0.2) is 0 Å². The molecule has 0 bridgehead atoms. The number of rotatable bonds is 6. The van der Waals surface area contributed by atoms with E-state index in [9.17, 15) is 10.2 Å². The van der Waals surface area contributed by atoms with Crippen LogP contribution in [0.25, 0.3) is 11.1 Å². The molecule has 0 spiro atoms. The quantitative estimate of drug-likeness (QED) is 0.702. The third-order valence-electron chi connectivity index (χ3n) is 3.61. The van der Waals surface area contributed by atoms with Gasteiger partial charge in [0, 0.05) is 55.0 Å². The fourth-order valence-corrected chi connectivity index (χ4v) is 2.46. The van der Waals surface area contributed by atoms with Crippen molar-refractivity contribution in [1.82, 2.24) is 4.57 Å². The van der Waals surface area contributed by atoms with Gasteiger partial charge < -0.3 is 25.4 Å². The monoisotopic (exact) mass is 289 g/mol. The zero-order chi connectivity index (χ0) is 15.4. The Bertz CT molecular complexity index is 602. The molecule has 0 aliphatic heterocycles. The molecule has 2 aromatic rings. The van der Waals surface area contributed by atoms with Gasteiger partial charge in [-0.25, -0.2) is 0 Å². The van der Waals surface area contributed by atoms with Crippen molar-refractivity contribution in [2.75, 3.05) is 36.9 Å². The Morgan fingerprint density at radius 2 is 1.86 bits per heavy atom. The smallest absolute Gasteiger partial charge is 0.0606 e. The van der Waals surface area contributed by atoms with E-state index in [4.69, 9.17) is 5.73 Å². The van der Waals surface area contributed by atoms with Gasteiger partial charge in [0.25, 0.3) is 0 Å². The number of nitrogens with two attached hydrogens (primary N) is 1. The molecule has 0 unspecified atom stereocenters. The van der Waals surface area contributed by atoms with Crippen molar-refractivity contribution in [3.05, 3.63) is 36.2 Å². The average Bonchev–Trinajstić information content (AvgIpc) is 2.88. The molecule has 0 aliphatic carbocycles. The molecule has 1 heterocycles. The van der Waals surface area contributed by atoms with Crippen LogP contribution in [-0.2, 0) is 7.05 Å². The predicted octanol–water partition coefficient (Wildman–Crippen LogP) is 1.37. The summed E-state index contributed by atoms with van der Waals surface area (Å²) in [6.07, 6.45) is 4.02. The maximum atomic E-state index is 9.26. The first-order valence-electron chi connectivity index (χ1n) is 7.06. The third kappa shape index (κ3) is 3.37. The number of benzene rings is 1. The number of aliphatic hydroxyl groups is 2. The minimum absolute atomic E-state index is 0.0393. The van der Waals surface area contributed by atoms with Crippen LogP contribution in [0.4, 0.5) is 11.4 Å². The fraction of sp³-hybridized carbons (Fsp3) is 0.375. The summed E-state index contributed by atoms with van der Waals surface area (Å²) < 4.78 is 1.98. The lowest BCUT2D eigenvalue weighted by Crippen LogP contribution is -2.30. The molecule has 0 saturated carbocycles. The molecule has 5 nitrogen and oxygen atoms in total. The Labute approximate surface area is 125 Å². The molecule has 0 fully saturated rings. The van der Waals surface area contributed by atoms with Gasteiger partial charge in [-0.1, -0.05) is 0 Å². The van der Waals surface area contributed by atoms with E-state index in [0.29, 0.717) is 13.1 Å².